The topological polar surface area (TPSA) is 191 Å². The smallest absolute Gasteiger partial charge is 0.326 e. The second-order valence-corrected chi connectivity index (χ2v) is 6.19. The van der Waals surface area contributed by atoms with Gasteiger partial charge in [-0.15, -0.1) is 0 Å². The minimum atomic E-state index is -1.18. The maximum atomic E-state index is 12.4. The van der Waals surface area contributed by atoms with Gasteiger partial charge in [-0.2, -0.15) is 0 Å². The van der Waals surface area contributed by atoms with Gasteiger partial charge in [-0.05, 0) is 31.7 Å². The van der Waals surface area contributed by atoms with Crippen molar-refractivity contribution < 1.29 is 24.3 Å². The van der Waals surface area contributed by atoms with E-state index in [-0.39, 0.29) is 18.8 Å². The van der Waals surface area contributed by atoms with Crippen LogP contribution < -0.4 is 27.8 Å². The number of unbranched alkanes of at least 4 members (excludes halogenated alkanes) is 1. The molecule has 0 aromatic heterocycles. The number of nitrogens with one attached hydrogen (secondary N) is 2. The van der Waals surface area contributed by atoms with E-state index in [0.717, 1.165) is 0 Å². The molecule has 9 N–H and O–H groups in total. The van der Waals surface area contributed by atoms with E-state index in [1.807, 2.05) is 0 Å². The fraction of sp³-hybridized carbons (Fsp3) is 0.733. The second-order valence-electron chi connectivity index (χ2n) is 6.19. The molecule has 0 heterocycles. The van der Waals surface area contributed by atoms with Gasteiger partial charge >= 0.3 is 5.97 Å². The lowest BCUT2D eigenvalue weighted by Crippen LogP contribution is -2.55. The number of primary amides is 1. The predicted molar refractivity (Wildman–Crippen MR) is 91.0 cm³/mol. The summed E-state index contributed by atoms with van der Waals surface area (Å²) in [6.45, 7) is 3.74. The van der Waals surface area contributed by atoms with Crippen LogP contribution in [0.25, 0.3) is 0 Å². The molecule has 144 valence electrons. The Morgan fingerprint density at radius 1 is 1.04 bits per heavy atom. The molecule has 0 fully saturated rings. The second kappa shape index (κ2) is 11.4. The van der Waals surface area contributed by atoms with E-state index in [0.29, 0.717) is 19.4 Å². The SMILES string of the molecule is CC(C)C(NC(=O)C(CCCCN)NC(=O)C(N)CC(N)=O)C(=O)O. The number of carbonyl (C=O) groups excluding carboxylic acids is 3. The van der Waals surface area contributed by atoms with Gasteiger partial charge in [0.1, 0.15) is 12.1 Å². The molecular weight excluding hydrogens is 330 g/mol. The quantitative estimate of drug-likeness (QED) is 0.218. The van der Waals surface area contributed by atoms with E-state index in [1.165, 1.54) is 0 Å². The van der Waals surface area contributed by atoms with Gasteiger partial charge in [0.15, 0.2) is 0 Å². The number of hydrogen-bond acceptors (Lipinski definition) is 6. The molecule has 10 heteroatoms. The first-order valence-electron chi connectivity index (χ1n) is 8.17. The van der Waals surface area contributed by atoms with E-state index in [9.17, 15) is 19.2 Å². The van der Waals surface area contributed by atoms with Crippen molar-refractivity contribution >= 4 is 23.7 Å². The third kappa shape index (κ3) is 9.01. The van der Waals surface area contributed by atoms with Crippen LogP contribution in [-0.4, -0.2) is 53.5 Å². The number of hydrogen-bond donors (Lipinski definition) is 6. The average molecular weight is 359 g/mol. The largest absolute Gasteiger partial charge is 0.480 e. The van der Waals surface area contributed by atoms with Crippen molar-refractivity contribution in [2.75, 3.05) is 6.54 Å². The van der Waals surface area contributed by atoms with Crippen LogP contribution in [0, 0.1) is 5.92 Å². The van der Waals surface area contributed by atoms with Gasteiger partial charge in [-0.1, -0.05) is 13.8 Å². The van der Waals surface area contributed by atoms with Crippen molar-refractivity contribution in [3.05, 3.63) is 0 Å². The van der Waals surface area contributed by atoms with Crippen LogP contribution in [0.1, 0.15) is 39.5 Å². The Morgan fingerprint density at radius 3 is 2.08 bits per heavy atom. The monoisotopic (exact) mass is 359 g/mol. The van der Waals surface area contributed by atoms with Crippen LogP contribution in [0.15, 0.2) is 0 Å². The molecule has 0 aliphatic heterocycles. The Hall–Kier alpha value is -2.20. The molecule has 25 heavy (non-hydrogen) atoms. The molecule has 3 atom stereocenters. The molecule has 0 aliphatic rings. The van der Waals surface area contributed by atoms with Gasteiger partial charge < -0.3 is 32.9 Å². The molecule has 0 spiro atoms. The summed E-state index contributed by atoms with van der Waals surface area (Å²) in [7, 11) is 0. The molecule has 0 aromatic carbocycles. The predicted octanol–water partition coefficient (Wildman–Crippen LogP) is -1.97. The average Bonchev–Trinajstić information content (AvgIpc) is 2.49. The van der Waals surface area contributed by atoms with Crippen molar-refractivity contribution in [2.24, 2.45) is 23.1 Å². The summed E-state index contributed by atoms with van der Waals surface area (Å²) in [4.78, 5) is 46.5. The first-order chi connectivity index (χ1) is 11.6. The maximum absolute atomic E-state index is 12.4. The number of carboxylic acids is 1. The lowest BCUT2D eigenvalue weighted by molar-refractivity contribution is -0.143. The Balaban J connectivity index is 5.01. The van der Waals surface area contributed by atoms with Crippen LogP contribution in [0.4, 0.5) is 0 Å². The van der Waals surface area contributed by atoms with Crippen molar-refractivity contribution in [3.63, 3.8) is 0 Å². The highest BCUT2D eigenvalue weighted by Gasteiger charge is 2.29. The Labute approximate surface area is 146 Å². The number of amides is 3. The molecule has 0 radical (unpaired) electrons. The minimum Gasteiger partial charge on any atom is -0.480 e. The summed E-state index contributed by atoms with van der Waals surface area (Å²) < 4.78 is 0. The van der Waals surface area contributed by atoms with E-state index < -0.39 is 41.8 Å². The summed E-state index contributed by atoms with van der Waals surface area (Å²) in [5, 5.41) is 14.0. The van der Waals surface area contributed by atoms with Gasteiger partial charge in [0.2, 0.25) is 17.7 Å². The van der Waals surface area contributed by atoms with Gasteiger partial charge in [0.25, 0.3) is 0 Å². The molecule has 0 bridgehead atoms. The zero-order valence-corrected chi connectivity index (χ0v) is 14.7. The highest BCUT2D eigenvalue weighted by Crippen LogP contribution is 2.06. The summed E-state index contributed by atoms with van der Waals surface area (Å²) in [5.74, 6) is -3.57. The molecule has 0 rings (SSSR count). The van der Waals surface area contributed by atoms with Crippen molar-refractivity contribution in [3.8, 4) is 0 Å². The fourth-order valence-corrected chi connectivity index (χ4v) is 2.12. The van der Waals surface area contributed by atoms with Crippen LogP contribution >= 0.6 is 0 Å². The summed E-state index contributed by atoms with van der Waals surface area (Å²) in [6.07, 6.45) is 1.11. The van der Waals surface area contributed by atoms with E-state index >= 15 is 0 Å². The first kappa shape index (κ1) is 22.8. The lowest BCUT2D eigenvalue weighted by atomic mass is 10.0. The summed E-state index contributed by atoms with van der Waals surface area (Å²) >= 11 is 0. The third-order valence-corrected chi connectivity index (χ3v) is 3.57. The van der Waals surface area contributed by atoms with Gasteiger partial charge in [-0.3, -0.25) is 14.4 Å². The fourth-order valence-electron chi connectivity index (χ4n) is 2.12. The van der Waals surface area contributed by atoms with Crippen molar-refractivity contribution in [2.45, 2.75) is 57.7 Å². The molecule has 0 saturated heterocycles. The summed E-state index contributed by atoms with van der Waals surface area (Å²) in [5.41, 5.74) is 16.0. The third-order valence-electron chi connectivity index (χ3n) is 3.57. The van der Waals surface area contributed by atoms with Crippen molar-refractivity contribution in [1.29, 1.82) is 0 Å². The molecular formula is C15H29N5O5. The lowest BCUT2D eigenvalue weighted by Gasteiger charge is -2.24. The van der Waals surface area contributed by atoms with E-state index in [4.69, 9.17) is 22.3 Å². The number of carboxylic acid groups (broad SMARTS) is 1. The summed E-state index contributed by atoms with van der Waals surface area (Å²) in [6, 6.07) is -3.23. The normalized spacial score (nSPS) is 14.4. The highest BCUT2D eigenvalue weighted by molar-refractivity contribution is 5.93. The zero-order valence-electron chi connectivity index (χ0n) is 14.7. The minimum absolute atomic E-state index is 0.266. The van der Waals surface area contributed by atoms with Crippen LogP contribution in [-0.2, 0) is 19.2 Å². The molecule has 0 aliphatic carbocycles. The molecule has 3 amide bonds. The zero-order chi connectivity index (χ0) is 19.6. The van der Waals surface area contributed by atoms with Crippen LogP contribution in [0.2, 0.25) is 0 Å². The molecule has 10 nitrogen and oxygen atoms in total. The van der Waals surface area contributed by atoms with Crippen LogP contribution in [0.5, 0.6) is 0 Å². The highest BCUT2D eigenvalue weighted by atomic mass is 16.4. The van der Waals surface area contributed by atoms with E-state index in [2.05, 4.69) is 10.6 Å². The first-order valence-corrected chi connectivity index (χ1v) is 8.17. The molecule has 0 saturated carbocycles. The standard InChI is InChI=1S/C15H29N5O5/c1-8(2)12(15(24)25)20-14(23)10(5-3-4-6-16)19-13(22)9(17)7-11(18)21/h8-10,12H,3-7,16-17H2,1-2H3,(H2,18,21)(H,19,22)(H,20,23)(H,24,25). The number of rotatable bonds is 12. The number of nitrogens with two attached hydrogens (primary N) is 3. The Bertz CT molecular complexity index is 483. The Morgan fingerprint density at radius 2 is 1.64 bits per heavy atom. The number of aliphatic carboxylic acids is 1. The van der Waals surface area contributed by atoms with Gasteiger partial charge in [0, 0.05) is 0 Å². The van der Waals surface area contributed by atoms with E-state index in [1.54, 1.807) is 13.8 Å². The van der Waals surface area contributed by atoms with Crippen molar-refractivity contribution in [1.82, 2.24) is 10.6 Å². The van der Waals surface area contributed by atoms with Crippen LogP contribution in [0.3, 0.4) is 0 Å². The molecule has 0 aromatic rings. The number of carbonyl (C=O) groups is 4. The van der Waals surface area contributed by atoms with Gasteiger partial charge in [-0.25, -0.2) is 4.79 Å². The Kier molecular flexibility index (Phi) is 10.4. The maximum Gasteiger partial charge on any atom is 0.326 e. The molecule has 3 unspecified atom stereocenters. The van der Waals surface area contributed by atoms with Gasteiger partial charge in [0.05, 0.1) is 12.5 Å².